The van der Waals surface area contributed by atoms with Crippen LogP contribution in [0.4, 0.5) is 0 Å². The molecular weight excluding hydrogens is 242 g/mol. The summed E-state index contributed by atoms with van der Waals surface area (Å²) >= 11 is 0. The van der Waals surface area contributed by atoms with Gasteiger partial charge in [-0.2, -0.15) is 0 Å². The van der Waals surface area contributed by atoms with Crippen LogP contribution >= 0.6 is 0 Å². The molecule has 0 saturated heterocycles. The Kier molecular flexibility index (Phi) is 5.34. The minimum Gasteiger partial charge on any atom is -0.370 e. The highest BCUT2D eigenvalue weighted by Crippen LogP contribution is 2.21. The summed E-state index contributed by atoms with van der Waals surface area (Å²) in [5.74, 6) is -0.788. The van der Waals surface area contributed by atoms with Crippen molar-refractivity contribution in [1.29, 1.82) is 0 Å². The van der Waals surface area contributed by atoms with E-state index in [9.17, 15) is 19.7 Å². The van der Waals surface area contributed by atoms with Crippen LogP contribution in [0, 0.1) is 10.1 Å². The number of nitrogens with zero attached hydrogens (tertiary/aromatic N) is 1. The summed E-state index contributed by atoms with van der Waals surface area (Å²) in [4.78, 5) is 36.7. The fraction of sp³-hybridized carbons (Fsp3) is 0.800. The number of nitrogens with two attached hydrogens (primary N) is 1. The highest BCUT2D eigenvalue weighted by molar-refractivity contribution is 5.82. The number of hydrogen-bond acceptors (Lipinski definition) is 5. The van der Waals surface area contributed by atoms with Crippen molar-refractivity contribution >= 4 is 11.8 Å². The van der Waals surface area contributed by atoms with E-state index in [-0.39, 0.29) is 24.8 Å². The summed E-state index contributed by atoms with van der Waals surface area (Å²) in [5, 5.41) is 12.1. The first kappa shape index (κ1) is 14.2. The SMILES string of the molecule is NC(=O)CCC(=O)N[C@H]1CCC[C@@H](O[N+](=O)[O-])C1. The standard InChI is InChI=1S/C10H17N3O5/c11-9(14)4-5-10(15)12-7-2-1-3-8(6-7)18-13(16)17/h7-8H,1-6H2,(H2,11,14)(H,12,15)/t7-,8+/m0/s1. The molecule has 0 aromatic rings. The largest absolute Gasteiger partial charge is 0.370 e. The lowest BCUT2D eigenvalue weighted by molar-refractivity contribution is -0.769. The molecule has 8 nitrogen and oxygen atoms in total. The monoisotopic (exact) mass is 259 g/mol. The molecule has 1 fully saturated rings. The van der Waals surface area contributed by atoms with Crippen molar-refractivity contribution in [3.8, 4) is 0 Å². The van der Waals surface area contributed by atoms with E-state index < -0.39 is 17.1 Å². The Balaban J connectivity index is 2.31. The molecule has 0 aromatic carbocycles. The zero-order valence-corrected chi connectivity index (χ0v) is 9.96. The normalized spacial score (nSPS) is 23.1. The Morgan fingerprint density at radius 2 is 2.11 bits per heavy atom. The lowest BCUT2D eigenvalue weighted by Gasteiger charge is -2.28. The van der Waals surface area contributed by atoms with Crippen molar-refractivity contribution < 1.29 is 19.5 Å². The van der Waals surface area contributed by atoms with Crippen LogP contribution < -0.4 is 11.1 Å². The number of carbonyl (C=O) groups excluding carboxylic acids is 2. The van der Waals surface area contributed by atoms with E-state index in [0.29, 0.717) is 12.8 Å². The molecule has 0 heterocycles. The van der Waals surface area contributed by atoms with E-state index in [1.165, 1.54) is 0 Å². The molecule has 1 aliphatic rings. The van der Waals surface area contributed by atoms with Gasteiger partial charge in [0, 0.05) is 18.9 Å². The van der Waals surface area contributed by atoms with Gasteiger partial charge in [0.2, 0.25) is 11.8 Å². The number of rotatable bonds is 6. The molecule has 2 atom stereocenters. The van der Waals surface area contributed by atoms with E-state index in [1.807, 2.05) is 0 Å². The first-order valence-corrected chi connectivity index (χ1v) is 5.86. The van der Waals surface area contributed by atoms with E-state index in [0.717, 1.165) is 12.8 Å². The van der Waals surface area contributed by atoms with Gasteiger partial charge in [-0.15, -0.1) is 10.1 Å². The molecule has 0 aromatic heterocycles. The van der Waals surface area contributed by atoms with Crippen LogP contribution in [-0.2, 0) is 14.4 Å². The molecule has 8 heteroatoms. The molecule has 1 saturated carbocycles. The van der Waals surface area contributed by atoms with Crippen LogP contribution in [0.1, 0.15) is 38.5 Å². The van der Waals surface area contributed by atoms with Gasteiger partial charge < -0.3 is 15.9 Å². The van der Waals surface area contributed by atoms with Crippen LogP contribution in [-0.4, -0.2) is 29.0 Å². The highest BCUT2D eigenvalue weighted by atomic mass is 17.0. The minimum absolute atomic E-state index is 0.00732. The second-order valence-corrected chi connectivity index (χ2v) is 4.35. The predicted octanol–water partition coefficient (Wildman–Crippen LogP) is -0.112. The second-order valence-electron chi connectivity index (χ2n) is 4.35. The zero-order valence-electron chi connectivity index (χ0n) is 9.96. The maximum absolute atomic E-state index is 11.5. The maximum Gasteiger partial charge on any atom is 0.294 e. The van der Waals surface area contributed by atoms with E-state index in [2.05, 4.69) is 10.2 Å². The van der Waals surface area contributed by atoms with E-state index in [1.54, 1.807) is 0 Å². The topological polar surface area (TPSA) is 125 Å². The molecule has 0 unspecified atom stereocenters. The van der Waals surface area contributed by atoms with Gasteiger partial charge in [-0.25, -0.2) is 0 Å². The second kappa shape index (κ2) is 6.77. The average Bonchev–Trinajstić information content (AvgIpc) is 2.26. The lowest BCUT2D eigenvalue weighted by atomic mass is 9.93. The van der Waals surface area contributed by atoms with Crippen molar-refractivity contribution in [3.05, 3.63) is 10.1 Å². The maximum atomic E-state index is 11.5. The van der Waals surface area contributed by atoms with Crippen molar-refractivity contribution in [3.63, 3.8) is 0 Å². The third-order valence-electron chi connectivity index (χ3n) is 2.82. The molecule has 0 bridgehead atoms. The van der Waals surface area contributed by atoms with Crippen molar-refractivity contribution in [2.75, 3.05) is 0 Å². The predicted molar refractivity (Wildman–Crippen MR) is 60.7 cm³/mol. The summed E-state index contributed by atoms with van der Waals surface area (Å²) in [6.07, 6.45) is 2.16. The molecule has 2 amide bonds. The van der Waals surface area contributed by atoms with E-state index in [4.69, 9.17) is 5.73 Å². The zero-order chi connectivity index (χ0) is 13.5. The Labute approximate surface area is 104 Å². The number of carbonyl (C=O) groups is 2. The third kappa shape index (κ3) is 5.46. The Morgan fingerprint density at radius 1 is 1.39 bits per heavy atom. The molecular formula is C10H17N3O5. The number of hydrogen-bond donors (Lipinski definition) is 2. The summed E-state index contributed by atoms with van der Waals surface area (Å²) in [6.45, 7) is 0. The number of amides is 2. The molecule has 18 heavy (non-hydrogen) atoms. The molecule has 0 aliphatic heterocycles. The number of nitrogens with one attached hydrogen (secondary N) is 1. The van der Waals surface area contributed by atoms with E-state index >= 15 is 0 Å². The number of primary amides is 1. The molecule has 1 aliphatic carbocycles. The Morgan fingerprint density at radius 3 is 2.72 bits per heavy atom. The fourth-order valence-corrected chi connectivity index (χ4v) is 2.03. The van der Waals surface area contributed by atoms with Gasteiger partial charge in [-0.05, 0) is 25.7 Å². The van der Waals surface area contributed by atoms with Gasteiger partial charge in [0.25, 0.3) is 5.09 Å². The minimum atomic E-state index is -0.804. The summed E-state index contributed by atoms with van der Waals surface area (Å²) < 4.78 is 0. The Bertz CT molecular complexity index is 333. The van der Waals surface area contributed by atoms with Gasteiger partial charge in [0.15, 0.2) is 0 Å². The van der Waals surface area contributed by atoms with Crippen LogP contribution in [0.3, 0.4) is 0 Å². The summed E-state index contributed by atoms with van der Waals surface area (Å²) in [5.41, 5.74) is 4.94. The molecule has 0 radical (unpaired) electrons. The molecule has 1 rings (SSSR count). The third-order valence-corrected chi connectivity index (χ3v) is 2.82. The van der Waals surface area contributed by atoms with Gasteiger partial charge in [0.05, 0.1) is 0 Å². The van der Waals surface area contributed by atoms with Crippen LogP contribution in [0.25, 0.3) is 0 Å². The van der Waals surface area contributed by atoms with Crippen molar-refractivity contribution in [2.24, 2.45) is 5.73 Å². The van der Waals surface area contributed by atoms with Gasteiger partial charge in [-0.3, -0.25) is 9.59 Å². The van der Waals surface area contributed by atoms with Gasteiger partial charge >= 0.3 is 0 Å². The van der Waals surface area contributed by atoms with Crippen molar-refractivity contribution in [2.45, 2.75) is 50.7 Å². The fourth-order valence-electron chi connectivity index (χ4n) is 2.03. The van der Waals surface area contributed by atoms with Crippen LogP contribution in [0.15, 0.2) is 0 Å². The van der Waals surface area contributed by atoms with Crippen LogP contribution in [0.2, 0.25) is 0 Å². The average molecular weight is 259 g/mol. The van der Waals surface area contributed by atoms with Gasteiger partial charge in [-0.1, -0.05) is 0 Å². The summed E-state index contributed by atoms with van der Waals surface area (Å²) in [7, 11) is 0. The first-order chi connectivity index (χ1) is 8.47. The highest BCUT2D eigenvalue weighted by Gasteiger charge is 2.25. The smallest absolute Gasteiger partial charge is 0.294 e. The molecule has 3 N–H and O–H groups in total. The molecule has 0 spiro atoms. The van der Waals surface area contributed by atoms with Crippen molar-refractivity contribution in [1.82, 2.24) is 5.32 Å². The van der Waals surface area contributed by atoms with Crippen LogP contribution in [0.5, 0.6) is 0 Å². The summed E-state index contributed by atoms with van der Waals surface area (Å²) in [6, 6.07) is -0.135. The first-order valence-electron chi connectivity index (χ1n) is 5.86. The lowest BCUT2D eigenvalue weighted by Crippen LogP contribution is -2.41. The molecule has 102 valence electrons. The quantitative estimate of drug-likeness (QED) is 0.508. The van der Waals surface area contributed by atoms with Gasteiger partial charge in [0.1, 0.15) is 6.10 Å². The Hall–Kier alpha value is -1.86.